The Bertz CT molecular complexity index is 488. The van der Waals surface area contributed by atoms with Crippen molar-refractivity contribution in [3.05, 3.63) is 35.9 Å². The summed E-state index contributed by atoms with van der Waals surface area (Å²) in [5.41, 5.74) is 1.11. The molecule has 1 aromatic carbocycles. The van der Waals surface area contributed by atoms with Gasteiger partial charge < -0.3 is 15.4 Å². The quantitative estimate of drug-likeness (QED) is 0.812. The van der Waals surface area contributed by atoms with Crippen molar-refractivity contribution in [3.63, 3.8) is 0 Å². The molecule has 1 aliphatic rings. The van der Waals surface area contributed by atoms with Gasteiger partial charge in [0.2, 0.25) is 5.91 Å². The van der Waals surface area contributed by atoms with Crippen LogP contribution in [0.5, 0.6) is 0 Å². The first-order valence-corrected chi connectivity index (χ1v) is 8.49. The zero-order chi connectivity index (χ0) is 16.8. The van der Waals surface area contributed by atoms with Gasteiger partial charge in [0, 0.05) is 25.5 Å². The molecule has 2 rings (SSSR count). The van der Waals surface area contributed by atoms with Gasteiger partial charge >= 0.3 is 0 Å². The number of carbonyl (C=O) groups is 1. The van der Waals surface area contributed by atoms with E-state index in [0.717, 1.165) is 25.9 Å². The van der Waals surface area contributed by atoms with Crippen molar-refractivity contribution in [1.82, 2.24) is 10.6 Å². The molecule has 0 atom stereocenters. The van der Waals surface area contributed by atoms with Crippen molar-refractivity contribution < 1.29 is 9.53 Å². The predicted molar refractivity (Wildman–Crippen MR) is 93.5 cm³/mol. The summed E-state index contributed by atoms with van der Waals surface area (Å²) in [6.45, 7) is 7.64. The lowest BCUT2D eigenvalue weighted by molar-refractivity contribution is -0.123. The second-order valence-electron chi connectivity index (χ2n) is 7.39. The molecule has 0 aliphatic carbocycles. The number of carbonyl (C=O) groups excluding carboxylic acids is 1. The minimum absolute atomic E-state index is 0.0759. The summed E-state index contributed by atoms with van der Waals surface area (Å²) in [4.78, 5) is 12.5. The van der Waals surface area contributed by atoms with Gasteiger partial charge in [-0.15, -0.1) is 0 Å². The van der Waals surface area contributed by atoms with Crippen LogP contribution in [-0.4, -0.2) is 39.3 Å². The number of benzene rings is 1. The Morgan fingerprint density at radius 2 is 1.91 bits per heavy atom. The molecular weight excluding hydrogens is 288 g/mol. The maximum atomic E-state index is 12.5. The molecule has 1 aromatic rings. The molecule has 0 aromatic heterocycles. The Labute approximate surface area is 140 Å². The SMILES string of the molecule is COCC1(CNC(=O)CC(C)(C)c2ccccc2)CCNCC1. The molecule has 128 valence electrons. The molecule has 1 amide bonds. The molecule has 1 heterocycles. The van der Waals surface area contributed by atoms with Gasteiger partial charge in [-0.2, -0.15) is 0 Å². The summed E-state index contributed by atoms with van der Waals surface area (Å²) < 4.78 is 5.41. The minimum Gasteiger partial charge on any atom is -0.384 e. The molecule has 1 saturated heterocycles. The van der Waals surface area contributed by atoms with Crippen LogP contribution in [0.3, 0.4) is 0 Å². The summed E-state index contributed by atoms with van der Waals surface area (Å²) in [5, 5.41) is 6.53. The Morgan fingerprint density at radius 3 is 2.52 bits per heavy atom. The van der Waals surface area contributed by atoms with Gasteiger partial charge in [-0.1, -0.05) is 44.2 Å². The van der Waals surface area contributed by atoms with E-state index in [4.69, 9.17) is 4.74 Å². The maximum absolute atomic E-state index is 12.5. The van der Waals surface area contributed by atoms with E-state index in [2.05, 4.69) is 36.6 Å². The van der Waals surface area contributed by atoms with Gasteiger partial charge in [0.1, 0.15) is 0 Å². The number of piperidine rings is 1. The third kappa shape index (κ3) is 5.05. The van der Waals surface area contributed by atoms with Crippen molar-refractivity contribution in [3.8, 4) is 0 Å². The second kappa shape index (κ2) is 7.93. The number of hydrogen-bond acceptors (Lipinski definition) is 3. The highest BCUT2D eigenvalue weighted by molar-refractivity contribution is 5.77. The van der Waals surface area contributed by atoms with Crippen LogP contribution in [0.1, 0.15) is 38.7 Å². The van der Waals surface area contributed by atoms with Crippen molar-refractivity contribution in [2.75, 3.05) is 33.4 Å². The first-order chi connectivity index (χ1) is 11.0. The van der Waals surface area contributed by atoms with E-state index in [1.54, 1.807) is 7.11 Å². The fourth-order valence-electron chi connectivity index (χ4n) is 3.38. The van der Waals surface area contributed by atoms with Crippen molar-refractivity contribution in [2.45, 2.75) is 38.5 Å². The monoisotopic (exact) mass is 318 g/mol. The van der Waals surface area contributed by atoms with E-state index in [0.29, 0.717) is 19.6 Å². The number of hydrogen-bond donors (Lipinski definition) is 2. The molecule has 1 fully saturated rings. The van der Waals surface area contributed by atoms with Crippen LogP contribution in [0.2, 0.25) is 0 Å². The normalized spacial score (nSPS) is 17.7. The summed E-state index contributed by atoms with van der Waals surface area (Å²) >= 11 is 0. The lowest BCUT2D eigenvalue weighted by atomic mass is 9.79. The lowest BCUT2D eigenvalue weighted by Crippen LogP contribution is -2.47. The van der Waals surface area contributed by atoms with Crippen molar-refractivity contribution >= 4 is 5.91 Å². The number of ether oxygens (including phenoxy) is 1. The van der Waals surface area contributed by atoms with E-state index in [1.807, 2.05) is 18.2 Å². The van der Waals surface area contributed by atoms with Gasteiger partial charge in [0.15, 0.2) is 0 Å². The first kappa shape index (κ1) is 18.0. The highest BCUT2D eigenvalue weighted by atomic mass is 16.5. The van der Waals surface area contributed by atoms with E-state index >= 15 is 0 Å². The number of methoxy groups -OCH3 is 1. The van der Waals surface area contributed by atoms with Crippen LogP contribution in [0.4, 0.5) is 0 Å². The van der Waals surface area contributed by atoms with Gasteiger partial charge in [-0.3, -0.25) is 4.79 Å². The minimum atomic E-state index is -0.159. The third-order valence-corrected chi connectivity index (χ3v) is 4.93. The zero-order valence-electron chi connectivity index (χ0n) is 14.7. The molecule has 0 unspecified atom stereocenters. The van der Waals surface area contributed by atoms with Gasteiger partial charge in [-0.25, -0.2) is 0 Å². The summed E-state index contributed by atoms with van der Waals surface area (Å²) in [6.07, 6.45) is 2.59. The van der Waals surface area contributed by atoms with E-state index in [9.17, 15) is 4.79 Å². The van der Waals surface area contributed by atoms with Crippen LogP contribution >= 0.6 is 0 Å². The zero-order valence-corrected chi connectivity index (χ0v) is 14.7. The van der Waals surface area contributed by atoms with Crippen LogP contribution in [0, 0.1) is 5.41 Å². The van der Waals surface area contributed by atoms with Gasteiger partial charge in [-0.05, 0) is 36.9 Å². The Hall–Kier alpha value is -1.39. The van der Waals surface area contributed by atoms with E-state index < -0.39 is 0 Å². The summed E-state index contributed by atoms with van der Waals surface area (Å²) in [5.74, 6) is 0.118. The molecule has 0 radical (unpaired) electrons. The van der Waals surface area contributed by atoms with Crippen molar-refractivity contribution in [1.29, 1.82) is 0 Å². The van der Waals surface area contributed by atoms with E-state index in [1.165, 1.54) is 5.56 Å². The largest absolute Gasteiger partial charge is 0.384 e. The summed E-state index contributed by atoms with van der Waals surface area (Å²) in [7, 11) is 1.74. The van der Waals surface area contributed by atoms with E-state index in [-0.39, 0.29) is 16.7 Å². The Balaban J connectivity index is 1.91. The molecule has 23 heavy (non-hydrogen) atoms. The number of rotatable bonds is 7. The average Bonchev–Trinajstić information content (AvgIpc) is 2.55. The molecule has 0 bridgehead atoms. The smallest absolute Gasteiger partial charge is 0.220 e. The molecule has 4 nitrogen and oxygen atoms in total. The second-order valence-corrected chi connectivity index (χ2v) is 7.39. The lowest BCUT2D eigenvalue weighted by Gasteiger charge is -2.37. The maximum Gasteiger partial charge on any atom is 0.220 e. The summed E-state index contributed by atoms with van der Waals surface area (Å²) in [6, 6.07) is 10.2. The Morgan fingerprint density at radius 1 is 1.26 bits per heavy atom. The molecule has 0 saturated carbocycles. The first-order valence-electron chi connectivity index (χ1n) is 8.49. The van der Waals surface area contributed by atoms with Crippen LogP contribution in [-0.2, 0) is 14.9 Å². The van der Waals surface area contributed by atoms with Crippen LogP contribution in [0.25, 0.3) is 0 Å². The van der Waals surface area contributed by atoms with Crippen LogP contribution in [0.15, 0.2) is 30.3 Å². The van der Waals surface area contributed by atoms with Crippen molar-refractivity contribution in [2.24, 2.45) is 5.41 Å². The number of amides is 1. The molecular formula is C19H30N2O2. The predicted octanol–water partition coefficient (Wildman–Crippen LogP) is 2.49. The molecule has 0 spiro atoms. The Kier molecular flexibility index (Phi) is 6.19. The average molecular weight is 318 g/mol. The highest BCUT2D eigenvalue weighted by Gasteiger charge is 2.33. The number of nitrogens with one attached hydrogen (secondary N) is 2. The fourth-order valence-corrected chi connectivity index (χ4v) is 3.38. The molecule has 1 aliphatic heterocycles. The molecule has 4 heteroatoms. The fraction of sp³-hybridized carbons (Fsp3) is 0.632. The topological polar surface area (TPSA) is 50.4 Å². The van der Waals surface area contributed by atoms with Gasteiger partial charge in [0.05, 0.1) is 6.61 Å². The van der Waals surface area contributed by atoms with Gasteiger partial charge in [0.25, 0.3) is 0 Å². The standard InChI is InChI=1S/C19H30N2O2/c1-18(2,16-7-5-4-6-8-16)13-17(22)21-14-19(15-23-3)9-11-20-12-10-19/h4-8,20H,9-15H2,1-3H3,(H,21,22). The van der Waals surface area contributed by atoms with Crippen LogP contribution < -0.4 is 10.6 Å². The molecule has 2 N–H and O–H groups in total. The highest BCUT2D eigenvalue weighted by Crippen LogP contribution is 2.29. The third-order valence-electron chi connectivity index (χ3n) is 4.93.